The number of carbonyl (C=O) groups excluding carboxylic acids is 1. The van der Waals surface area contributed by atoms with Gasteiger partial charge in [-0.3, -0.25) is 9.89 Å². The Labute approximate surface area is 158 Å². The van der Waals surface area contributed by atoms with E-state index in [9.17, 15) is 26.4 Å². The van der Waals surface area contributed by atoms with Gasteiger partial charge in [-0.05, 0) is 31.0 Å². The molecule has 0 atom stereocenters. The second-order valence-electron chi connectivity index (χ2n) is 6.25. The quantitative estimate of drug-likeness (QED) is 0.770. The molecule has 1 aromatic carbocycles. The predicted molar refractivity (Wildman–Crippen MR) is 91.0 cm³/mol. The van der Waals surface area contributed by atoms with Crippen LogP contribution < -0.4 is 10.5 Å². The molecule has 8 nitrogen and oxygen atoms in total. The number of H-pyrrole nitrogens is 1. The standard InChI is InChI=1S/C16H17F3N4O4S/c17-16(18,19)27-13-3-1-2-4-14(13)28(25,26)23-7-5-10(6-8-23)11-9-12(15(20)24)22-21-11/h1-4,9-10H,5-8H2,(H2,20,24)(H,21,22). The summed E-state index contributed by atoms with van der Waals surface area (Å²) in [6.07, 6.45) is -4.19. The topological polar surface area (TPSA) is 118 Å². The van der Waals surface area contributed by atoms with Crippen molar-refractivity contribution < 1.29 is 31.1 Å². The van der Waals surface area contributed by atoms with Crippen molar-refractivity contribution in [3.63, 3.8) is 0 Å². The highest BCUT2D eigenvalue weighted by atomic mass is 32.2. The number of sulfonamides is 1. The lowest BCUT2D eigenvalue weighted by Gasteiger charge is -2.31. The van der Waals surface area contributed by atoms with Crippen LogP contribution in [0.25, 0.3) is 0 Å². The normalized spacial score (nSPS) is 16.8. The van der Waals surface area contributed by atoms with E-state index in [1.807, 2.05) is 0 Å². The number of benzene rings is 1. The molecule has 3 N–H and O–H groups in total. The fraction of sp³-hybridized carbons (Fsp3) is 0.375. The van der Waals surface area contributed by atoms with Gasteiger partial charge in [0.15, 0.2) is 0 Å². The van der Waals surface area contributed by atoms with E-state index < -0.39 is 32.9 Å². The third-order valence-corrected chi connectivity index (χ3v) is 6.37. The minimum Gasteiger partial charge on any atom is -0.404 e. The van der Waals surface area contributed by atoms with Gasteiger partial charge in [0.2, 0.25) is 10.0 Å². The first kappa shape index (κ1) is 20.1. The zero-order chi connectivity index (χ0) is 20.5. The molecule has 2 aromatic rings. The van der Waals surface area contributed by atoms with Crippen LogP contribution >= 0.6 is 0 Å². The van der Waals surface area contributed by atoms with E-state index in [0.29, 0.717) is 18.5 Å². The largest absolute Gasteiger partial charge is 0.573 e. The van der Waals surface area contributed by atoms with Crippen molar-refractivity contribution in [2.24, 2.45) is 5.73 Å². The number of ether oxygens (including phenoxy) is 1. The van der Waals surface area contributed by atoms with Crippen LogP contribution in [0.1, 0.15) is 34.9 Å². The third-order valence-electron chi connectivity index (χ3n) is 4.44. The summed E-state index contributed by atoms with van der Waals surface area (Å²) in [6.45, 7) is 0.191. The number of hydrogen-bond donors (Lipinski definition) is 2. The molecule has 1 aromatic heterocycles. The average molecular weight is 418 g/mol. The van der Waals surface area contributed by atoms with Gasteiger partial charge in [-0.25, -0.2) is 8.42 Å². The zero-order valence-electron chi connectivity index (χ0n) is 14.4. The van der Waals surface area contributed by atoms with Crippen molar-refractivity contribution in [2.45, 2.75) is 30.0 Å². The molecule has 1 amide bonds. The summed E-state index contributed by atoms with van der Waals surface area (Å²) in [5, 5.41) is 6.51. The fourth-order valence-corrected chi connectivity index (χ4v) is 4.67. The van der Waals surface area contributed by atoms with Crippen LogP contribution in [0, 0.1) is 0 Å². The Morgan fingerprint density at radius 3 is 2.46 bits per heavy atom. The van der Waals surface area contributed by atoms with E-state index in [1.165, 1.54) is 18.2 Å². The monoisotopic (exact) mass is 418 g/mol. The number of alkyl halides is 3. The van der Waals surface area contributed by atoms with Crippen molar-refractivity contribution in [1.82, 2.24) is 14.5 Å². The minimum absolute atomic E-state index is 0.0753. The molecule has 0 spiro atoms. The molecule has 0 radical (unpaired) electrons. The van der Waals surface area contributed by atoms with Gasteiger partial charge in [0.05, 0.1) is 0 Å². The molecule has 152 valence electrons. The Morgan fingerprint density at radius 1 is 1.25 bits per heavy atom. The van der Waals surface area contributed by atoms with Gasteiger partial charge >= 0.3 is 6.36 Å². The fourth-order valence-electron chi connectivity index (χ4n) is 3.09. The Hall–Kier alpha value is -2.60. The number of para-hydroxylation sites is 1. The second kappa shape index (κ2) is 7.43. The number of aromatic nitrogens is 2. The summed E-state index contributed by atoms with van der Waals surface area (Å²) in [6, 6.07) is 6.16. The number of primary amides is 1. The molecule has 28 heavy (non-hydrogen) atoms. The molecule has 12 heteroatoms. The zero-order valence-corrected chi connectivity index (χ0v) is 15.3. The molecule has 0 bridgehead atoms. The Bertz CT molecular complexity index is 966. The Balaban J connectivity index is 1.75. The number of carbonyl (C=O) groups is 1. The van der Waals surface area contributed by atoms with Gasteiger partial charge in [-0.15, -0.1) is 13.2 Å². The summed E-state index contributed by atoms with van der Waals surface area (Å²) in [7, 11) is -4.17. The van der Waals surface area contributed by atoms with Crippen molar-refractivity contribution in [2.75, 3.05) is 13.1 Å². The molecule has 3 rings (SSSR count). The summed E-state index contributed by atoms with van der Waals surface area (Å²) in [5.41, 5.74) is 5.90. The van der Waals surface area contributed by atoms with Crippen molar-refractivity contribution in [1.29, 1.82) is 0 Å². The van der Waals surface area contributed by atoms with Gasteiger partial charge in [-0.2, -0.15) is 9.40 Å². The van der Waals surface area contributed by atoms with E-state index >= 15 is 0 Å². The number of hydrogen-bond acceptors (Lipinski definition) is 5. The van der Waals surface area contributed by atoms with Gasteiger partial charge in [0, 0.05) is 24.7 Å². The average Bonchev–Trinajstić information content (AvgIpc) is 3.11. The molecule has 0 aliphatic carbocycles. The van der Waals surface area contributed by atoms with Crippen LogP contribution in [0.4, 0.5) is 13.2 Å². The molecule has 0 unspecified atom stereocenters. The van der Waals surface area contributed by atoms with Gasteiger partial charge in [-0.1, -0.05) is 12.1 Å². The van der Waals surface area contributed by atoms with Crippen LogP contribution in [0.15, 0.2) is 35.2 Å². The van der Waals surface area contributed by atoms with Crippen molar-refractivity contribution >= 4 is 15.9 Å². The molecule has 0 saturated carbocycles. The van der Waals surface area contributed by atoms with Gasteiger partial charge in [0.1, 0.15) is 16.3 Å². The molecule has 1 aliphatic heterocycles. The molecule has 2 heterocycles. The first-order valence-electron chi connectivity index (χ1n) is 8.28. The van der Waals surface area contributed by atoms with Crippen LogP contribution in [0.3, 0.4) is 0 Å². The molecule has 1 saturated heterocycles. The maximum Gasteiger partial charge on any atom is 0.573 e. The summed E-state index contributed by atoms with van der Waals surface area (Å²) < 4.78 is 68.4. The van der Waals surface area contributed by atoms with Crippen LogP contribution in [-0.4, -0.2) is 48.3 Å². The summed E-state index contributed by atoms with van der Waals surface area (Å²) in [4.78, 5) is 10.6. The lowest BCUT2D eigenvalue weighted by Crippen LogP contribution is -2.38. The first-order valence-corrected chi connectivity index (χ1v) is 9.72. The Morgan fingerprint density at radius 2 is 1.89 bits per heavy atom. The van der Waals surface area contributed by atoms with E-state index in [2.05, 4.69) is 14.9 Å². The second-order valence-corrected chi connectivity index (χ2v) is 8.15. The van der Waals surface area contributed by atoms with Crippen LogP contribution in [-0.2, 0) is 10.0 Å². The lowest BCUT2D eigenvalue weighted by molar-refractivity contribution is -0.275. The van der Waals surface area contributed by atoms with Crippen molar-refractivity contribution in [3.8, 4) is 5.75 Å². The number of piperidine rings is 1. The van der Waals surface area contributed by atoms with E-state index in [0.717, 1.165) is 16.4 Å². The maximum absolute atomic E-state index is 12.8. The van der Waals surface area contributed by atoms with E-state index in [4.69, 9.17) is 5.73 Å². The number of nitrogens with one attached hydrogen (secondary N) is 1. The van der Waals surface area contributed by atoms with Gasteiger partial charge in [0.25, 0.3) is 5.91 Å². The van der Waals surface area contributed by atoms with Crippen LogP contribution in [0.2, 0.25) is 0 Å². The highest BCUT2D eigenvalue weighted by Gasteiger charge is 2.37. The Kier molecular flexibility index (Phi) is 5.35. The van der Waals surface area contributed by atoms with Crippen LogP contribution in [0.5, 0.6) is 5.75 Å². The molecular weight excluding hydrogens is 401 g/mol. The minimum atomic E-state index is -5.00. The number of amides is 1. The highest BCUT2D eigenvalue weighted by Crippen LogP contribution is 2.34. The number of aromatic amines is 1. The molecule has 1 fully saturated rings. The van der Waals surface area contributed by atoms with E-state index in [-0.39, 0.29) is 24.7 Å². The number of nitrogens with zero attached hydrogens (tertiary/aromatic N) is 2. The SMILES string of the molecule is NC(=O)c1cc(C2CCN(S(=O)(=O)c3ccccc3OC(F)(F)F)CC2)[nH]n1. The van der Waals surface area contributed by atoms with Crippen molar-refractivity contribution in [3.05, 3.63) is 41.7 Å². The third kappa shape index (κ3) is 4.28. The summed E-state index contributed by atoms with van der Waals surface area (Å²) in [5.74, 6) is -1.52. The number of rotatable bonds is 5. The highest BCUT2D eigenvalue weighted by molar-refractivity contribution is 7.89. The maximum atomic E-state index is 12.8. The molecular formula is C16H17F3N4O4S. The first-order chi connectivity index (χ1) is 13.1. The molecule has 1 aliphatic rings. The summed E-state index contributed by atoms with van der Waals surface area (Å²) >= 11 is 0. The predicted octanol–water partition coefficient (Wildman–Crippen LogP) is 1.98. The number of halogens is 3. The smallest absolute Gasteiger partial charge is 0.404 e. The van der Waals surface area contributed by atoms with Gasteiger partial charge < -0.3 is 10.5 Å². The van der Waals surface area contributed by atoms with E-state index in [1.54, 1.807) is 0 Å². The number of nitrogens with two attached hydrogens (primary N) is 1. The lowest BCUT2D eigenvalue weighted by atomic mass is 9.94.